The second-order valence-corrected chi connectivity index (χ2v) is 18.7. The summed E-state index contributed by atoms with van der Waals surface area (Å²) in [5, 5.41) is 15.8. The number of nitriles is 1. The zero-order valence-electron chi connectivity index (χ0n) is 35.8. The number of aromatic amines is 1. The Morgan fingerprint density at radius 2 is 1.63 bits per heavy atom. The van der Waals surface area contributed by atoms with Crippen molar-refractivity contribution in [2.24, 2.45) is 0 Å². The Bertz CT molecular complexity index is 2530. The number of ketones is 1. The molecule has 13 heteroatoms. The number of carbonyl (C=O) groups excluding carboxylic acids is 6. The molecule has 1 aliphatic carbocycles. The molecule has 1 unspecified atom stereocenters. The molecule has 0 bridgehead atoms. The molecule has 8 rings (SSSR count). The fourth-order valence-electron chi connectivity index (χ4n) is 9.78. The molecule has 3 aliphatic heterocycles. The van der Waals surface area contributed by atoms with Crippen LogP contribution in [0.5, 0.6) is 0 Å². The number of nitrogens with one attached hydrogen (secondary N) is 3. The number of fused-ring (bicyclic) bond motifs is 5. The standard InChI is InChI=1S/C49H54N6O6S/c1-4-30-26-34-35(49(2,3)45-43(44(34)58)32-17-16-29(28-50)25-36(32)52-45)27-38(30)54-22-20-31(21-23-54)51-40(56)15-10-8-6-5-7-9-11-24-62-39-14-12-13-33-42(39)48(61)55(47(33)60)37-18-19-41(57)53-46(37)59/h12-14,16-17,25-27,31,37,52H,4-11,15,18-24H2,1-3H3,(H,51,56)(H,53,57,59). The van der Waals surface area contributed by atoms with Gasteiger partial charge in [-0.1, -0.05) is 65.0 Å². The van der Waals surface area contributed by atoms with Crippen molar-refractivity contribution in [2.75, 3.05) is 23.7 Å². The Labute approximate surface area is 366 Å². The Hall–Kier alpha value is -5.74. The van der Waals surface area contributed by atoms with Gasteiger partial charge in [-0.2, -0.15) is 5.26 Å². The van der Waals surface area contributed by atoms with E-state index in [1.807, 2.05) is 18.2 Å². The number of piperidine rings is 2. The molecular formula is C49H54N6O6S. The molecule has 1 atom stereocenters. The molecule has 322 valence electrons. The molecular weight excluding hydrogens is 801 g/mol. The SMILES string of the molecule is CCc1cc2c(cc1N1CCC(NC(=O)CCCCCCCCCSc3cccc4c3C(=O)N(C3CCC(=O)NC3=O)C4=O)CC1)C(C)(C)c1[nH]c3cc(C#N)ccc3c1C2=O. The summed E-state index contributed by atoms with van der Waals surface area (Å²) in [6, 6.07) is 16.4. The number of carbonyl (C=O) groups is 6. The molecule has 2 saturated heterocycles. The Morgan fingerprint density at radius 3 is 2.35 bits per heavy atom. The predicted molar refractivity (Wildman–Crippen MR) is 239 cm³/mol. The maximum atomic E-state index is 14.1. The van der Waals surface area contributed by atoms with Crippen molar-refractivity contribution in [1.29, 1.82) is 5.26 Å². The normalized spacial score (nSPS) is 18.4. The lowest BCUT2D eigenvalue weighted by molar-refractivity contribution is -0.136. The van der Waals surface area contributed by atoms with Crippen LogP contribution in [-0.4, -0.2) is 76.1 Å². The Morgan fingerprint density at radius 1 is 0.887 bits per heavy atom. The van der Waals surface area contributed by atoms with E-state index in [1.165, 1.54) is 0 Å². The van der Waals surface area contributed by atoms with Gasteiger partial charge in [0.05, 0.1) is 28.3 Å². The first-order chi connectivity index (χ1) is 29.9. The van der Waals surface area contributed by atoms with Crippen molar-refractivity contribution in [3.8, 4) is 6.07 Å². The van der Waals surface area contributed by atoms with Gasteiger partial charge in [0.2, 0.25) is 17.7 Å². The number of nitrogens with zero attached hydrogens (tertiary/aromatic N) is 3. The number of hydrogen-bond acceptors (Lipinski definition) is 9. The highest BCUT2D eigenvalue weighted by Gasteiger charge is 2.46. The van der Waals surface area contributed by atoms with E-state index in [0.717, 1.165) is 132 Å². The van der Waals surface area contributed by atoms with Crippen molar-refractivity contribution >= 4 is 63.7 Å². The van der Waals surface area contributed by atoms with E-state index in [1.54, 1.807) is 30.0 Å². The summed E-state index contributed by atoms with van der Waals surface area (Å²) in [5.41, 5.74) is 7.25. The summed E-state index contributed by atoms with van der Waals surface area (Å²) in [6.07, 6.45) is 10.4. The third-order valence-electron chi connectivity index (χ3n) is 13.2. The third kappa shape index (κ3) is 8.17. The summed E-state index contributed by atoms with van der Waals surface area (Å²) in [6.45, 7) is 8.11. The number of unbranched alkanes of at least 4 members (excludes halogenated alkanes) is 6. The van der Waals surface area contributed by atoms with Crippen LogP contribution < -0.4 is 15.5 Å². The van der Waals surface area contributed by atoms with Crippen LogP contribution in [0.15, 0.2) is 53.4 Å². The van der Waals surface area contributed by atoms with Crippen molar-refractivity contribution in [3.63, 3.8) is 0 Å². The summed E-state index contributed by atoms with van der Waals surface area (Å²) in [5.74, 6) is -1.00. The lowest BCUT2D eigenvalue weighted by atomic mass is 9.70. The quantitative estimate of drug-likeness (QED) is 0.0611. The monoisotopic (exact) mass is 854 g/mol. The van der Waals surface area contributed by atoms with Crippen LogP contribution in [0.2, 0.25) is 0 Å². The fraction of sp³-hybridized carbons (Fsp3) is 0.449. The number of aryl methyl sites for hydroxylation is 1. The highest BCUT2D eigenvalue weighted by molar-refractivity contribution is 7.99. The molecule has 4 aliphatic rings. The van der Waals surface area contributed by atoms with Gasteiger partial charge >= 0.3 is 0 Å². The Kier molecular flexibility index (Phi) is 12.4. The predicted octanol–water partition coefficient (Wildman–Crippen LogP) is 7.87. The zero-order chi connectivity index (χ0) is 43.7. The summed E-state index contributed by atoms with van der Waals surface area (Å²) in [7, 11) is 0. The van der Waals surface area contributed by atoms with Crippen molar-refractivity contribution in [1.82, 2.24) is 20.5 Å². The molecule has 3 aromatic carbocycles. The molecule has 2 fully saturated rings. The van der Waals surface area contributed by atoms with E-state index in [0.29, 0.717) is 28.7 Å². The lowest BCUT2D eigenvalue weighted by Gasteiger charge is -2.38. The fourth-order valence-corrected chi connectivity index (χ4v) is 10.9. The second kappa shape index (κ2) is 17.9. The van der Waals surface area contributed by atoms with E-state index in [-0.39, 0.29) is 30.6 Å². The molecule has 1 aromatic heterocycles. The average Bonchev–Trinajstić information content (AvgIpc) is 3.78. The third-order valence-corrected chi connectivity index (χ3v) is 14.4. The van der Waals surface area contributed by atoms with Gasteiger partial charge < -0.3 is 15.2 Å². The number of benzene rings is 3. The van der Waals surface area contributed by atoms with Gasteiger partial charge in [-0.3, -0.25) is 39.0 Å². The van der Waals surface area contributed by atoms with Crippen LogP contribution in [0.25, 0.3) is 10.9 Å². The lowest BCUT2D eigenvalue weighted by Crippen LogP contribution is -2.54. The van der Waals surface area contributed by atoms with Crippen molar-refractivity contribution in [2.45, 2.75) is 127 Å². The van der Waals surface area contributed by atoms with Gasteiger partial charge in [0.25, 0.3) is 11.8 Å². The molecule has 0 saturated carbocycles. The summed E-state index contributed by atoms with van der Waals surface area (Å²) >= 11 is 1.55. The van der Waals surface area contributed by atoms with E-state index >= 15 is 0 Å². The number of hydrogen-bond donors (Lipinski definition) is 3. The van der Waals surface area contributed by atoms with Gasteiger partial charge in [-0.15, -0.1) is 11.8 Å². The first-order valence-corrected chi connectivity index (χ1v) is 23.2. The Balaban J connectivity index is 0.740. The molecule has 12 nitrogen and oxygen atoms in total. The average molecular weight is 855 g/mol. The minimum absolute atomic E-state index is 0.0239. The van der Waals surface area contributed by atoms with E-state index < -0.39 is 35.1 Å². The van der Waals surface area contributed by atoms with Gasteiger partial charge in [0, 0.05) is 70.1 Å². The topological polar surface area (TPSA) is 173 Å². The molecule has 0 spiro atoms. The highest BCUT2D eigenvalue weighted by Crippen LogP contribution is 2.46. The number of rotatable bonds is 15. The van der Waals surface area contributed by atoms with Crippen LogP contribution >= 0.6 is 11.8 Å². The van der Waals surface area contributed by atoms with E-state index in [2.05, 4.69) is 59.5 Å². The minimum atomic E-state index is -0.970. The first-order valence-electron chi connectivity index (χ1n) is 22.2. The number of thioether (sulfide) groups is 1. The first kappa shape index (κ1) is 42.9. The molecule has 4 aromatic rings. The van der Waals surface area contributed by atoms with Gasteiger partial charge in [-0.25, -0.2) is 0 Å². The van der Waals surface area contributed by atoms with Crippen LogP contribution in [0.1, 0.15) is 157 Å². The van der Waals surface area contributed by atoms with E-state index in [9.17, 15) is 34.0 Å². The minimum Gasteiger partial charge on any atom is -0.371 e. The van der Waals surface area contributed by atoms with Crippen LogP contribution in [0.3, 0.4) is 0 Å². The molecule has 3 N–H and O–H groups in total. The van der Waals surface area contributed by atoms with Gasteiger partial charge in [0.15, 0.2) is 5.78 Å². The van der Waals surface area contributed by atoms with Gasteiger partial charge in [-0.05, 0) is 91.8 Å². The zero-order valence-corrected chi connectivity index (χ0v) is 36.6. The van der Waals surface area contributed by atoms with E-state index in [4.69, 9.17) is 0 Å². The number of H-pyrrole nitrogens is 1. The van der Waals surface area contributed by atoms with Crippen LogP contribution in [0, 0.1) is 11.3 Å². The summed E-state index contributed by atoms with van der Waals surface area (Å²) in [4.78, 5) is 85.2. The molecule has 4 heterocycles. The number of aromatic nitrogens is 1. The molecule has 5 amide bonds. The smallest absolute Gasteiger partial charge is 0.263 e. The number of imide groups is 2. The van der Waals surface area contributed by atoms with Crippen molar-refractivity contribution < 1.29 is 28.8 Å². The largest absolute Gasteiger partial charge is 0.371 e. The van der Waals surface area contributed by atoms with Crippen LogP contribution in [-0.2, 0) is 26.2 Å². The maximum Gasteiger partial charge on any atom is 0.263 e. The molecule has 62 heavy (non-hydrogen) atoms. The molecule has 0 radical (unpaired) electrons. The number of anilines is 1. The maximum absolute atomic E-state index is 14.1. The summed E-state index contributed by atoms with van der Waals surface area (Å²) < 4.78 is 0. The second-order valence-electron chi connectivity index (χ2n) is 17.6. The van der Waals surface area contributed by atoms with Gasteiger partial charge in [0.1, 0.15) is 6.04 Å². The number of amides is 5. The van der Waals surface area contributed by atoms with Crippen molar-refractivity contribution in [3.05, 3.63) is 93.2 Å². The highest BCUT2D eigenvalue weighted by atomic mass is 32.2. The van der Waals surface area contributed by atoms with Crippen LogP contribution in [0.4, 0.5) is 5.69 Å².